The summed E-state index contributed by atoms with van der Waals surface area (Å²) in [5.41, 5.74) is 17.9. The first-order chi connectivity index (χ1) is 15.9. The minimum Gasteiger partial charge on any atom is -0.0634 e. The van der Waals surface area contributed by atoms with E-state index in [1.54, 1.807) is 0 Å². The molecule has 0 radical (unpaired) electrons. The van der Waals surface area contributed by atoms with Gasteiger partial charge in [-0.3, -0.25) is 0 Å². The molecular weight excluding hydrogens is 390 g/mol. The van der Waals surface area contributed by atoms with Crippen LogP contribution in [0.4, 0.5) is 0 Å². The van der Waals surface area contributed by atoms with E-state index in [1.165, 1.54) is 0 Å². The summed E-state index contributed by atoms with van der Waals surface area (Å²) in [6.45, 7) is 0. The maximum absolute atomic E-state index is 9.58. The van der Waals surface area contributed by atoms with Gasteiger partial charge in [-0.1, -0.05) is 126 Å². The predicted molar refractivity (Wildman–Crippen MR) is 131 cm³/mol. The Balaban J connectivity index is 1.92. The van der Waals surface area contributed by atoms with Gasteiger partial charge in [0.2, 0.25) is 0 Å². The summed E-state index contributed by atoms with van der Waals surface area (Å²) in [7, 11) is 0. The van der Waals surface area contributed by atoms with Crippen molar-refractivity contribution in [3.8, 4) is 0 Å². The molecule has 3 heteroatoms. The molecule has 0 heterocycles. The summed E-state index contributed by atoms with van der Waals surface area (Å²) >= 11 is 0. The van der Waals surface area contributed by atoms with Crippen LogP contribution in [0.3, 0.4) is 0 Å². The van der Waals surface area contributed by atoms with Crippen LogP contribution in [0.15, 0.2) is 132 Å². The summed E-state index contributed by atoms with van der Waals surface area (Å²) in [6, 6.07) is 41.3. The number of hydrogen-bond acceptors (Lipinski definition) is 1. The first-order valence-corrected chi connectivity index (χ1v) is 10.6. The first-order valence-electron chi connectivity index (χ1n) is 10.6. The summed E-state index contributed by atoms with van der Waals surface area (Å²) in [6.07, 6.45) is 0. The normalized spacial score (nSPS) is 15.6. The highest BCUT2D eigenvalue weighted by molar-refractivity contribution is 6.21. The van der Waals surface area contributed by atoms with Gasteiger partial charge in [0.05, 0.1) is 0 Å². The third-order valence-electron chi connectivity index (χ3n) is 5.83. The molecule has 0 saturated carbocycles. The molecule has 0 N–H and O–H groups in total. The van der Waals surface area contributed by atoms with Gasteiger partial charge in [0.25, 0.3) is 0 Å². The van der Waals surface area contributed by atoms with Gasteiger partial charge >= 0.3 is 0 Å². The Morgan fingerprint density at radius 3 is 1.47 bits per heavy atom. The largest absolute Gasteiger partial charge is 0.0634 e. The maximum atomic E-state index is 9.58. The molecule has 4 aromatic carbocycles. The molecule has 4 aromatic rings. The molecule has 1 aliphatic carbocycles. The van der Waals surface area contributed by atoms with Crippen LogP contribution >= 0.6 is 0 Å². The molecule has 152 valence electrons. The summed E-state index contributed by atoms with van der Waals surface area (Å²) in [4.78, 5) is 3.27. The highest BCUT2D eigenvalue weighted by Gasteiger charge is 2.36. The van der Waals surface area contributed by atoms with Gasteiger partial charge < -0.3 is 0 Å². The fraction of sp³-hybridized carbons (Fsp3) is 0.0345. The van der Waals surface area contributed by atoms with Gasteiger partial charge in [-0.2, -0.15) is 0 Å². The Labute approximate surface area is 187 Å². The second-order valence-electron chi connectivity index (χ2n) is 7.68. The van der Waals surface area contributed by atoms with Gasteiger partial charge in [0, 0.05) is 16.5 Å². The lowest BCUT2D eigenvalue weighted by molar-refractivity contribution is 1.00. The Morgan fingerprint density at radius 2 is 0.969 bits per heavy atom. The van der Waals surface area contributed by atoms with Crippen LogP contribution in [0, 0.1) is 0 Å². The molecule has 0 aromatic heterocycles. The highest BCUT2D eigenvalue weighted by atomic mass is 15.1. The zero-order valence-corrected chi connectivity index (χ0v) is 17.5. The zero-order chi connectivity index (χ0) is 21.8. The first kappa shape index (κ1) is 19.6. The molecular formula is C29H21N3. The number of benzene rings is 4. The topological polar surface area (TPSA) is 48.8 Å². The number of rotatable bonds is 5. The molecule has 0 spiro atoms. The third kappa shape index (κ3) is 3.51. The minimum atomic E-state index is -0.167. The molecule has 0 aliphatic heterocycles. The smallest absolute Gasteiger partial charge is 0.0383 e. The van der Waals surface area contributed by atoms with E-state index < -0.39 is 0 Å². The highest BCUT2D eigenvalue weighted by Crippen LogP contribution is 2.55. The van der Waals surface area contributed by atoms with Crippen molar-refractivity contribution in [2.24, 2.45) is 5.11 Å². The summed E-state index contributed by atoms with van der Waals surface area (Å²) in [5, 5.41) is 4.31. The average Bonchev–Trinajstić information content (AvgIpc) is 3.21. The summed E-state index contributed by atoms with van der Waals surface area (Å²) in [5.74, 6) is -0.167. The van der Waals surface area contributed by atoms with E-state index in [2.05, 4.69) is 82.8 Å². The fourth-order valence-corrected chi connectivity index (χ4v) is 4.54. The van der Waals surface area contributed by atoms with Crippen molar-refractivity contribution in [3.05, 3.63) is 160 Å². The lowest BCUT2D eigenvalue weighted by atomic mass is 9.85. The van der Waals surface area contributed by atoms with Crippen LogP contribution in [-0.2, 0) is 0 Å². The van der Waals surface area contributed by atoms with Crippen LogP contribution in [-0.4, -0.2) is 0 Å². The van der Waals surface area contributed by atoms with Crippen molar-refractivity contribution in [2.75, 3.05) is 0 Å². The molecule has 0 saturated heterocycles. The van der Waals surface area contributed by atoms with Crippen molar-refractivity contribution in [1.29, 1.82) is 0 Å². The van der Waals surface area contributed by atoms with Crippen LogP contribution in [0.5, 0.6) is 0 Å². The van der Waals surface area contributed by atoms with Gasteiger partial charge in [0.1, 0.15) is 0 Å². The van der Waals surface area contributed by atoms with Crippen molar-refractivity contribution < 1.29 is 0 Å². The van der Waals surface area contributed by atoms with E-state index >= 15 is 0 Å². The van der Waals surface area contributed by atoms with E-state index in [9.17, 15) is 5.53 Å². The van der Waals surface area contributed by atoms with Gasteiger partial charge in [-0.25, -0.2) is 0 Å². The molecule has 0 bridgehead atoms. The average molecular weight is 412 g/mol. The number of azide groups is 1. The Morgan fingerprint density at radius 1 is 0.531 bits per heavy atom. The molecule has 1 unspecified atom stereocenters. The number of allylic oxidation sites excluding steroid dienone is 3. The van der Waals surface area contributed by atoms with E-state index in [0.29, 0.717) is 0 Å². The van der Waals surface area contributed by atoms with Crippen LogP contribution in [0.1, 0.15) is 28.2 Å². The quantitative estimate of drug-likeness (QED) is 0.181. The van der Waals surface area contributed by atoms with E-state index in [0.717, 1.165) is 44.7 Å². The summed E-state index contributed by atoms with van der Waals surface area (Å²) < 4.78 is 0. The van der Waals surface area contributed by atoms with Gasteiger partial charge in [0.15, 0.2) is 0 Å². The molecule has 0 amide bonds. The van der Waals surface area contributed by atoms with E-state index in [-0.39, 0.29) is 5.92 Å². The van der Waals surface area contributed by atoms with Crippen molar-refractivity contribution >= 4 is 16.7 Å². The molecule has 0 fully saturated rings. The standard InChI is InChI=1S/C29H21N3/c30-32-31-29-27(23-17-9-3-10-18-23)25(21-13-5-1-6-14-21)26(22-15-7-2-8-16-22)28(29)24-19-11-4-12-20-24/h1-20,27H. The van der Waals surface area contributed by atoms with Crippen molar-refractivity contribution in [1.82, 2.24) is 0 Å². The van der Waals surface area contributed by atoms with E-state index in [4.69, 9.17) is 0 Å². The molecule has 32 heavy (non-hydrogen) atoms. The lowest BCUT2D eigenvalue weighted by Crippen LogP contribution is -2.02. The molecule has 1 atom stereocenters. The SMILES string of the molecule is [N-]=[N+]=NC1=C(c2ccccc2)C(c2ccccc2)=C(c2ccccc2)C1c1ccccc1. The zero-order valence-electron chi connectivity index (χ0n) is 17.5. The Kier molecular flexibility index (Phi) is 5.40. The molecule has 1 aliphatic rings. The number of hydrogen-bond donors (Lipinski definition) is 0. The molecule has 3 nitrogen and oxygen atoms in total. The maximum Gasteiger partial charge on any atom is 0.0383 e. The van der Waals surface area contributed by atoms with Crippen LogP contribution in [0.25, 0.3) is 27.2 Å². The van der Waals surface area contributed by atoms with Crippen molar-refractivity contribution in [3.63, 3.8) is 0 Å². The fourth-order valence-electron chi connectivity index (χ4n) is 4.54. The van der Waals surface area contributed by atoms with Crippen LogP contribution in [0.2, 0.25) is 0 Å². The van der Waals surface area contributed by atoms with Gasteiger partial charge in [-0.05, 0) is 44.5 Å². The predicted octanol–water partition coefficient (Wildman–Crippen LogP) is 8.12. The van der Waals surface area contributed by atoms with E-state index in [1.807, 2.05) is 48.5 Å². The third-order valence-corrected chi connectivity index (χ3v) is 5.83. The second-order valence-corrected chi connectivity index (χ2v) is 7.68. The van der Waals surface area contributed by atoms with Crippen LogP contribution < -0.4 is 0 Å². The lowest BCUT2D eigenvalue weighted by Gasteiger charge is -2.19. The molecule has 5 rings (SSSR count). The Hall–Kier alpha value is -4.33. The van der Waals surface area contributed by atoms with Gasteiger partial charge in [-0.15, -0.1) is 0 Å². The Bertz CT molecular complexity index is 1330. The monoisotopic (exact) mass is 411 g/mol. The number of nitrogens with zero attached hydrogens (tertiary/aromatic N) is 3. The minimum absolute atomic E-state index is 0.167. The second kappa shape index (κ2) is 8.81. The van der Waals surface area contributed by atoms with Crippen molar-refractivity contribution in [2.45, 2.75) is 5.92 Å².